The van der Waals surface area contributed by atoms with E-state index in [9.17, 15) is 53.1 Å². The van der Waals surface area contributed by atoms with E-state index in [1.165, 1.54) is 14.7 Å². The number of carboxylic acid groups (broad SMARTS) is 1. The molecule has 9 atom stereocenters. The third-order valence-electron chi connectivity index (χ3n) is 13.6. The Labute approximate surface area is 440 Å². The summed E-state index contributed by atoms with van der Waals surface area (Å²) in [6.45, 7) is 8.82. The molecular formula is C49H87N15O11. The summed E-state index contributed by atoms with van der Waals surface area (Å²) in [4.78, 5) is 144. The number of hydrogen-bond donors (Lipinski definition) is 12. The number of aliphatic imine (C=N–C) groups is 1. The molecule has 3 rings (SSSR count). The molecule has 0 aromatic carbocycles. The first-order valence-electron chi connectivity index (χ1n) is 26.7. The van der Waals surface area contributed by atoms with Gasteiger partial charge in [0.2, 0.25) is 53.2 Å². The zero-order valence-electron chi connectivity index (χ0n) is 44.4. The van der Waals surface area contributed by atoms with Gasteiger partial charge in [-0.05, 0) is 128 Å². The minimum Gasteiger partial charge on any atom is -0.480 e. The molecule has 3 aliphatic heterocycles. The number of guanidine groups is 1. The fourth-order valence-electron chi connectivity index (χ4n) is 9.84. The van der Waals surface area contributed by atoms with Crippen LogP contribution in [0.5, 0.6) is 0 Å². The number of nitrogens with one attached hydrogen (secondary N) is 5. The van der Waals surface area contributed by atoms with Crippen LogP contribution in [0.25, 0.3) is 0 Å². The maximum atomic E-state index is 14.5. The largest absolute Gasteiger partial charge is 0.480 e. The van der Waals surface area contributed by atoms with Gasteiger partial charge in [0.05, 0.1) is 12.5 Å². The topological polar surface area (TPSA) is 429 Å². The number of nitrogens with zero attached hydrogens (tertiary/aromatic N) is 4. The number of carbonyl (C=O) groups excluding carboxylic acids is 9. The van der Waals surface area contributed by atoms with E-state index < -0.39 is 120 Å². The molecule has 9 amide bonds. The van der Waals surface area contributed by atoms with Gasteiger partial charge < -0.3 is 80.8 Å². The van der Waals surface area contributed by atoms with Gasteiger partial charge in [0.15, 0.2) is 5.96 Å². The number of hydrogen-bond acceptors (Lipinski definition) is 14. The number of primary amides is 1. The van der Waals surface area contributed by atoms with Crippen LogP contribution in [0.15, 0.2) is 4.99 Å². The molecule has 0 radical (unpaired) electrons. The van der Waals surface area contributed by atoms with Crippen molar-refractivity contribution >= 4 is 65.1 Å². The van der Waals surface area contributed by atoms with E-state index in [4.69, 9.17) is 34.4 Å². The van der Waals surface area contributed by atoms with Crippen LogP contribution >= 0.6 is 0 Å². The molecule has 0 unspecified atom stereocenters. The van der Waals surface area contributed by atoms with Gasteiger partial charge in [0.1, 0.15) is 48.3 Å². The van der Waals surface area contributed by atoms with Crippen molar-refractivity contribution in [1.29, 1.82) is 0 Å². The van der Waals surface area contributed by atoms with Crippen LogP contribution in [0, 0.1) is 11.8 Å². The molecule has 0 spiro atoms. The van der Waals surface area contributed by atoms with E-state index >= 15 is 0 Å². The molecule has 3 saturated heterocycles. The smallest absolute Gasteiger partial charge is 0.326 e. The number of nitrogens with two attached hydrogens (primary N) is 6. The zero-order valence-corrected chi connectivity index (χ0v) is 44.4. The standard InChI is InChI=1S/C49H87N15O11/c1-28(2)25-30(52)40(66)60-34(27-39(53)65)42(68)58-32(14-6-8-20-51)45(71)64-24-12-18-38(64)47(73)63-23-11-17-37(63)44(70)61-35(26-29(3)4)46(72)62-22-10-16-36(62)43(69)57-31(13-5-7-19-50)41(67)59-33(48(74)75)15-9-21-56-49(54)55/h28-38H,5-27,50-52H2,1-4H3,(H2,53,65)(H,57,69)(H,58,68)(H,59,67)(H,60,66)(H,61,70)(H,74,75)(H4,54,55,56)/t30-,31-,32-,33-,34-,35-,36-,37-,38-/m0/s1. The second kappa shape index (κ2) is 31.7. The molecule has 0 aromatic rings. The predicted octanol–water partition coefficient (Wildman–Crippen LogP) is -2.93. The van der Waals surface area contributed by atoms with Gasteiger partial charge in [-0.2, -0.15) is 0 Å². The Morgan fingerprint density at radius 1 is 0.547 bits per heavy atom. The van der Waals surface area contributed by atoms with Crippen LogP contribution in [-0.2, 0) is 47.9 Å². The van der Waals surface area contributed by atoms with Crippen LogP contribution in [0.4, 0.5) is 0 Å². The lowest BCUT2D eigenvalue weighted by molar-refractivity contribution is -0.148. The van der Waals surface area contributed by atoms with Crippen molar-refractivity contribution < 1.29 is 53.1 Å². The summed E-state index contributed by atoms with van der Waals surface area (Å²) < 4.78 is 0. The van der Waals surface area contributed by atoms with Crippen LogP contribution in [0.2, 0.25) is 0 Å². The SMILES string of the molecule is CC(C)C[C@H](NC(=O)[C@@H]1CCCN1C(=O)[C@@H]1CCCN1C(=O)[C@H](CCCCN)NC(=O)[C@H](CC(N)=O)NC(=O)[C@@H](N)CC(C)C)C(=O)N1CCC[C@H]1C(=O)N[C@@H](CCCCN)C(=O)N[C@@H](CCCN=C(N)N)C(=O)O. The fraction of sp³-hybridized carbons (Fsp3) is 0.776. The van der Waals surface area contributed by atoms with E-state index in [-0.39, 0.29) is 95.3 Å². The highest BCUT2D eigenvalue weighted by atomic mass is 16.4. The molecule has 0 bridgehead atoms. The number of likely N-dealkylation sites (tertiary alicyclic amines) is 3. The summed E-state index contributed by atoms with van der Waals surface area (Å²) in [6.07, 6.45) is 4.55. The molecule has 3 heterocycles. The van der Waals surface area contributed by atoms with Crippen molar-refractivity contribution in [3.63, 3.8) is 0 Å². The maximum absolute atomic E-state index is 14.5. The monoisotopic (exact) mass is 1060 g/mol. The first-order chi connectivity index (χ1) is 35.5. The van der Waals surface area contributed by atoms with Gasteiger partial charge in [-0.1, -0.05) is 27.7 Å². The average Bonchev–Trinajstić information content (AvgIpc) is 4.15. The Hall–Kier alpha value is -6.15. The molecule has 26 heteroatoms. The van der Waals surface area contributed by atoms with Gasteiger partial charge in [0, 0.05) is 26.2 Å². The minimum absolute atomic E-state index is 0.0135. The molecule has 75 heavy (non-hydrogen) atoms. The predicted molar refractivity (Wildman–Crippen MR) is 278 cm³/mol. The molecule has 26 nitrogen and oxygen atoms in total. The number of carbonyl (C=O) groups is 10. The first-order valence-corrected chi connectivity index (χ1v) is 26.7. The fourth-order valence-corrected chi connectivity index (χ4v) is 9.84. The van der Waals surface area contributed by atoms with Gasteiger partial charge in [0.25, 0.3) is 0 Å². The Bertz CT molecular complexity index is 2000. The van der Waals surface area contributed by atoms with Crippen LogP contribution in [0.1, 0.15) is 137 Å². The first kappa shape index (κ1) is 63.1. The van der Waals surface area contributed by atoms with Crippen molar-refractivity contribution in [2.75, 3.05) is 39.3 Å². The van der Waals surface area contributed by atoms with E-state index in [0.717, 1.165) is 0 Å². The van der Waals surface area contributed by atoms with E-state index in [2.05, 4.69) is 31.6 Å². The summed E-state index contributed by atoms with van der Waals surface area (Å²) in [5.74, 6) is -7.33. The second-order valence-corrected chi connectivity index (χ2v) is 20.8. The van der Waals surface area contributed by atoms with Crippen LogP contribution in [0.3, 0.4) is 0 Å². The highest BCUT2D eigenvalue weighted by Crippen LogP contribution is 2.27. The van der Waals surface area contributed by atoms with Crippen LogP contribution < -0.4 is 61.0 Å². The summed E-state index contributed by atoms with van der Waals surface area (Å²) >= 11 is 0. The van der Waals surface area contributed by atoms with Gasteiger partial charge >= 0.3 is 5.97 Å². The normalized spacial score (nSPS) is 19.9. The Morgan fingerprint density at radius 2 is 1.00 bits per heavy atom. The molecule has 18 N–H and O–H groups in total. The van der Waals surface area contributed by atoms with E-state index in [1.807, 2.05) is 27.7 Å². The molecule has 0 aromatic heterocycles. The summed E-state index contributed by atoms with van der Waals surface area (Å²) in [5, 5.41) is 23.2. The van der Waals surface area contributed by atoms with Gasteiger partial charge in [-0.15, -0.1) is 0 Å². The number of carboxylic acids is 1. The quantitative estimate of drug-likeness (QED) is 0.0182. The lowest BCUT2D eigenvalue weighted by Crippen LogP contribution is -2.60. The lowest BCUT2D eigenvalue weighted by Gasteiger charge is -2.34. The highest BCUT2D eigenvalue weighted by Gasteiger charge is 2.46. The molecular weight excluding hydrogens is 975 g/mol. The minimum atomic E-state index is -1.43. The number of aliphatic carboxylic acids is 1. The van der Waals surface area contributed by atoms with E-state index in [0.29, 0.717) is 64.5 Å². The number of rotatable bonds is 32. The molecule has 3 aliphatic rings. The van der Waals surface area contributed by atoms with Crippen molar-refractivity contribution in [1.82, 2.24) is 41.3 Å². The van der Waals surface area contributed by atoms with Crippen molar-refractivity contribution in [2.45, 2.75) is 191 Å². The van der Waals surface area contributed by atoms with Crippen molar-refractivity contribution in [2.24, 2.45) is 51.2 Å². The third kappa shape index (κ3) is 20.1. The van der Waals surface area contributed by atoms with Gasteiger partial charge in [-0.3, -0.25) is 48.1 Å². The molecule has 3 fully saturated rings. The van der Waals surface area contributed by atoms with Crippen molar-refractivity contribution in [3.05, 3.63) is 0 Å². The molecule has 0 aliphatic carbocycles. The Kier molecular flexibility index (Phi) is 26.7. The molecule has 424 valence electrons. The summed E-state index contributed by atoms with van der Waals surface area (Å²) in [6, 6.07) is -10.1. The zero-order chi connectivity index (χ0) is 55.9. The maximum Gasteiger partial charge on any atom is 0.326 e. The Balaban J connectivity index is 1.79. The number of amides is 9. The van der Waals surface area contributed by atoms with E-state index in [1.54, 1.807) is 0 Å². The summed E-state index contributed by atoms with van der Waals surface area (Å²) in [5.41, 5.74) is 33.7. The second-order valence-electron chi connectivity index (χ2n) is 20.8. The average molecular weight is 1060 g/mol. The third-order valence-corrected chi connectivity index (χ3v) is 13.6. The number of unbranched alkanes of at least 4 members (excludes halogenated alkanes) is 2. The Morgan fingerprint density at radius 3 is 1.53 bits per heavy atom. The molecule has 0 saturated carbocycles. The van der Waals surface area contributed by atoms with Crippen molar-refractivity contribution in [3.8, 4) is 0 Å². The van der Waals surface area contributed by atoms with Crippen LogP contribution in [-0.4, -0.2) is 179 Å². The highest BCUT2D eigenvalue weighted by molar-refractivity contribution is 5.99. The van der Waals surface area contributed by atoms with Gasteiger partial charge in [-0.25, -0.2) is 4.79 Å². The lowest BCUT2D eigenvalue weighted by atomic mass is 10.0. The summed E-state index contributed by atoms with van der Waals surface area (Å²) in [7, 11) is 0.